The molecule has 0 heterocycles. The molecule has 0 bridgehead atoms. The topological polar surface area (TPSA) is 69.4 Å². The Morgan fingerprint density at radius 3 is 2.67 bits per heavy atom. The van der Waals surface area contributed by atoms with E-state index < -0.39 is 6.04 Å². The molecular weight excluding hydrogens is 234 g/mol. The van der Waals surface area contributed by atoms with E-state index in [1.54, 1.807) is 24.3 Å². The van der Waals surface area contributed by atoms with E-state index in [1.807, 2.05) is 6.07 Å². The average molecular weight is 249 g/mol. The molecule has 96 valence electrons. The predicted molar refractivity (Wildman–Crippen MR) is 64.8 cm³/mol. The maximum Gasteiger partial charge on any atom is 0.314 e. The molecule has 0 aromatic heterocycles. The summed E-state index contributed by atoms with van der Waals surface area (Å²) in [4.78, 5) is 22.3. The van der Waals surface area contributed by atoms with Gasteiger partial charge in [0.05, 0.1) is 5.92 Å². The van der Waals surface area contributed by atoms with Gasteiger partial charge < -0.3 is 4.74 Å². The first kappa shape index (κ1) is 12.5. The minimum atomic E-state index is -0.605. The minimum absolute atomic E-state index is 0.290. The van der Waals surface area contributed by atoms with Crippen LogP contribution in [0, 0.1) is 16.0 Å². The number of rotatable bonds is 3. The fraction of sp³-hybridized carbons (Fsp3) is 0.462. The summed E-state index contributed by atoms with van der Waals surface area (Å²) in [6.07, 6.45) is 2.23. The number of esters is 1. The second-order valence-electron chi connectivity index (χ2n) is 4.54. The van der Waals surface area contributed by atoms with Gasteiger partial charge in [-0.05, 0) is 25.0 Å². The van der Waals surface area contributed by atoms with Gasteiger partial charge in [0.25, 0.3) is 0 Å². The number of nitrogens with zero attached hydrogens (tertiary/aromatic N) is 1. The van der Waals surface area contributed by atoms with Gasteiger partial charge in [-0.1, -0.05) is 18.2 Å². The molecule has 1 aromatic rings. The van der Waals surface area contributed by atoms with Crippen LogP contribution >= 0.6 is 0 Å². The number of benzene rings is 1. The number of carbonyl (C=O) groups excluding carboxylic acids is 1. The molecule has 2 atom stereocenters. The van der Waals surface area contributed by atoms with Crippen LogP contribution in [0.5, 0.6) is 5.75 Å². The second-order valence-corrected chi connectivity index (χ2v) is 4.54. The molecule has 0 aliphatic heterocycles. The Labute approximate surface area is 105 Å². The monoisotopic (exact) mass is 249 g/mol. The van der Waals surface area contributed by atoms with E-state index in [2.05, 4.69) is 0 Å². The van der Waals surface area contributed by atoms with Gasteiger partial charge in [-0.25, -0.2) is 0 Å². The Morgan fingerprint density at radius 1 is 1.28 bits per heavy atom. The van der Waals surface area contributed by atoms with Crippen LogP contribution in [0.4, 0.5) is 0 Å². The lowest BCUT2D eigenvalue weighted by Crippen LogP contribution is -2.33. The van der Waals surface area contributed by atoms with Crippen LogP contribution in [-0.2, 0) is 4.79 Å². The fourth-order valence-corrected chi connectivity index (χ4v) is 2.26. The second kappa shape index (κ2) is 5.62. The molecule has 2 unspecified atom stereocenters. The van der Waals surface area contributed by atoms with Crippen molar-refractivity contribution in [3.8, 4) is 5.75 Å². The molecule has 1 aromatic carbocycles. The molecule has 5 heteroatoms. The zero-order valence-electron chi connectivity index (χ0n) is 9.95. The van der Waals surface area contributed by atoms with Gasteiger partial charge in [-0.3, -0.25) is 14.9 Å². The van der Waals surface area contributed by atoms with Gasteiger partial charge in [0, 0.05) is 17.8 Å². The number of hydrogen-bond donors (Lipinski definition) is 0. The first-order chi connectivity index (χ1) is 8.66. The van der Waals surface area contributed by atoms with Gasteiger partial charge in [0.1, 0.15) is 5.75 Å². The van der Waals surface area contributed by atoms with E-state index in [0.29, 0.717) is 31.4 Å². The third kappa shape index (κ3) is 3.06. The van der Waals surface area contributed by atoms with Gasteiger partial charge in [0.2, 0.25) is 6.04 Å². The zero-order chi connectivity index (χ0) is 13.0. The van der Waals surface area contributed by atoms with Crippen molar-refractivity contribution in [1.29, 1.82) is 0 Å². The largest absolute Gasteiger partial charge is 0.426 e. The molecule has 0 spiro atoms. The van der Waals surface area contributed by atoms with Gasteiger partial charge >= 0.3 is 5.97 Å². The highest BCUT2D eigenvalue weighted by Gasteiger charge is 2.34. The predicted octanol–water partition coefficient (Wildman–Crippen LogP) is 2.43. The summed E-state index contributed by atoms with van der Waals surface area (Å²) in [6.45, 7) is 0. The van der Waals surface area contributed by atoms with Crippen molar-refractivity contribution in [2.24, 2.45) is 5.92 Å². The van der Waals surface area contributed by atoms with Gasteiger partial charge in [-0.15, -0.1) is 0 Å². The molecule has 1 aliphatic rings. The summed E-state index contributed by atoms with van der Waals surface area (Å²) in [5.74, 6) is -0.215. The molecule has 0 saturated heterocycles. The molecule has 18 heavy (non-hydrogen) atoms. The molecule has 1 aliphatic carbocycles. The standard InChI is InChI=1S/C13H15NO4/c15-13(18-12-7-2-1-3-8-12)10-5-4-6-11(9-10)14(16)17/h1-3,7-8,10-11H,4-6,9H2. The van der Waals surface area contributed by atoms with Crippen molar-refractivity contribution in [2.45, 2.75) is 31.7 Å². The molecule has 1 saturated carbocycles. The minimum Gasteiger partial charge on any atom is -0.426 e. The fourth-order valence-electron chi connectivity index (χ4n) is 2.26. The highest BCUT2D eigenvalue weighted by molar-refractivity contribution is 5.75. The van der Waals surface area contributed by atoms with Crippen molar-refractivity contribution in [2.75, 3.05) is 0 Å². The van der Waals surface area contributed by atoms with E-state index in [1.165, 1.54) is 0 Å². The first-order valence-electron chi connectivity index (χ1n) is 6.07. The van der Waals surface area contributed by atoms with E-state index in [-0.39, 0.29) is 16.8 Å². The molecule has 0 N–H and O–H groups in total. The Morgan fingerprint density at radius 2 is 2.00 bits per heavy atom. The van der Waals surface area contributed by atoms with Crippen LogP contribution in [0.1, 0.15) is 25.7 Å². The van der Waals surface area contributed by atoms with Crippen LogP contribution < -0.4 is 4.74 Å². The molecule has 0 amide bonds. The van der Waals surface area contributed by atoms with Crippen molar-refractivity contribution >= 4 is 5.97 Å². The summed E-state index contributed by atoms with van der Waals surface area (Å²) < 4.78 is 5.22. The number of carbonyl (C=O) groups is 1. The lowest BCUT2D eigenvalue weighted by Gasteiger charge is -2.22. The van der Waals surface area contributed by atoms with Crippen molar-refractivity contribution < 1.29 is 14.5 Å². The lowest BCUT2D eigenvalue weighted by molar-refractivity contribution is -0.527. The maximum absolute atomic E-state index is 11.9. The Balaban J connectivity index is 1.95. The molecule has 1 fully saturated rings. The third-order valence-electron chi connectivity index (χ3n) is 3.24. The van der Waals surface area contributed by atoms with E-state index >= 15 is 0 Å². The van der Waals surface area contributed by atoms with Crippen LogP contribution in [0.15, 0.2) is 30.3 Å². The van der Waals surface area contributed by atoms with E-state index in [4.69, 9.17) is 4.74 Å². The zero-order valence-corrected chi connectivity index (χ0v) is 9.95. The van der Waals surface area contributed by atoms with Gasteiger partial charge in [0.15, 0.2) is 0 Å². The third-order valence-corrected chi connectivity index (χ3v) is 3.24. The SMILES string of the molecule is O=C(Oc1ccccc1)C1CCCC([N+](=O)[O-])C1. The summed E-state index contributed by atoms with van der Waals surface area (Å²) in [6, 6.07) is 8.19. The van der Waals surface area contributed by atoms with Crippen LogP contribution in [0.25, 0.3) is 0 Å². The Kier molecular flexibility index (Phi) is 3.92. The summed E-state index contributed by atoms with van der Waals surface area (Å²) >= 11 is 0. The Bertz CT molecular complexity index is 432. The van der Waals surface area contributed by atoms with E-state index in [9.17, 15) is 14.9 Å². The summed E-state index contributed by atoms with van der Waals surface area (Å²) in [5, 5.41) is 10.7. The van der Waals surface area contributed by atoms with Crippen molar-refractivity contribution in [1.82, 2.24) is 0 Å². The highest BCUT2D eigenvalue weighted by atomic mass is 16.6. The summed E-state index contributed by atoms with van der Waals surface area (Å²) in [5.41, 5.74) is 0. The number of para-hydroxylation sites is 1. The van der Waals surface area contributed by atoms with Crippen LogP contribution in [-0.4, -0.2) is 16.9 Å². The smallest absolute Gasteiger partial charge is 0.314 e. The quantitative estimate of drug-likeness (QED) is 0.357. The molecular formula is C13H15NO4. The van der Waals surface area contributed by atoms with E-state index in [0.717, 1.165) is 0 Å². The van der Waals surface area contributed by atoms with Crippen molar-refractivity contribution in [3.63, 3.8) is 0 Å². The van der Waals surface area contributed by atoms with Gasteiger partial charge in [-0.2, -0.15) is 0 Å². The molecule has 5 nitrogen and oxygen atoms in total. The normalized spacial score (nSPS) is 23.3. The van der Waals surface area contributed by atoms with Crippen LogP contribution in [0.3, 0.4) is 0 Å². The molecule has 2 rings (SSSR count). The maximum atomic E-state index is 11.9. The number of ether oxygens (including phenoxy) is 1. The lowest BCUT2D eigenvalue weighted by atomic mass is 9.86. The highest BCUT2D eigenvalue weighted by Crippen LogP contribution is 2.27. The number of hydrogen-bond acceptors (Lipinski definition) is 4. The molecule has 0 radical (unpaired) electrons. The summed E-state index contributed by atoms with van der Waals surface area (Å²) in [7, 11) is 0. The Hall–Kier alpha value is -1.91. The van der Waals surface area contributed by atoms with Crippen molar-refractivity contribution in [3.05, 3.63) is 40.4 Å². The van der Waals surface area contributed by atoms with Crippen LogP contribution in [0.2, 0.25) is 0 Å². The number of nitro groups is 1. The first-order valence-corrected chi connectivity index (χ1v) is 6.07. The average Bonchev–Trinajstić information content (AvgIpc) is 2.40.